The lowest BCUT2D eigenvalue weighted by atomic mass is 10.1. The van der Waals surface area contributed by atoms with E-state index in [1.54, 1.807) is 0 Å². The van der Waals surface area contributed by atoms with Gasteiger partial charge in [-0.15, -0.1) is 0 Å². The van der Waals surface area contributed by atoms with E-state index in [0.717, 1.165) is 28.8 Å². The van der Waals surface area contributed by atoms with Crippen molar-refractivity contribution in [3.8, 4) is 0 Å². The molecule has 0 fully saturated rings. The first-order chi connectivity index (χ1) is 9.24. The molecule has 0 aliphatic heterocycles. The Morgan fingerprint density at radius 1 is 1.05 bits per heavy atom. The molecule has 0 atom stereocenters. The van der Waals surface area contributed by atoms with Gasteiger partial charge in [0, 0.05) is 17.6 Å². The van der Waals surface area contributed by atoms with Gasteiger partial charge in [-0.25, -0.2) is 0 Å². The van der Waals surface area contributed by atoms with Gasteiger partial charge in [-0.05, 0) is 46.1 Å². The van der Waals surface area contributed by atoms with E-state index in [1.807, 2.05) is 18.2 Å². The van der Waals surface area contributed by atoms with Crippen molar-refractivity contribution in [2.75, 3.05) is 11.4 Å². The van der Waals surface area contributed by atoms with E-state index in [-0.39, 0.29) is 6.61 Å². The highest BCUT2D eigenvalue weighted by Gasteiger charge is 2.09. The molecule has 0 aliphatic carbocycles. The third-order valence-corrected chi connectivity index (χ3v) is 3.77. The van der Waals surface area contributed by atoms with Crippen molar-refractivity contribution in [3.05, 3.63) is 64.1 Å². The first-order valence-electron chi connectivity index (χ1n) is 6.42. The molecule has 1 N–H and O–H groups in total. The van der Waals surface area contributed by atoms with Gasteiger partial charge >= 0.3 is 0 Å². The van der Waals surface area contributed by atoms with Crippen LogP contribution < -0.4 is 4.90 Å². The first-order valence-corrected chi connectivity index (χ1v) is 7.22. The topological polar surface area (TPSA) is 23.5 Å². The third kappa shape index (κ3) is 3.58. The summed E-state index contributed by atoms with van der Waals surface area (Å²) >= 11 is 3.59. The molecule has 0 aliphatic rings. The molecule has 2 aromatic rings. The molecule has 0 spiro atoms. The Labute approximate surface area is 122 Å². The highest BCUT2D eigenvalue weighted by molar-refractivity contribution is 9.10. The van der Waals surface area contributed by atoms with Gasteiger partial charge in [0.2, 0.25) is 0 Å². The maximum Gasteiger partial charge on any atom is 0.0682 e. The Balaban J connectivity index is 2.22. The standard InChI is InChI=1S/C16H18BrNO/c1-2-18(11-13-6-4-3-5-7-13)16-9-8-14(12-19)10-15(16)17/h3-10,19H,2,11-12H2,1H3. The fourth-order valence-corrected chi connectivity index (χ4v) is 2.75. The third-order valence-electron chi connectivity index (χ3n) is 3.13. The highest BCUT2D eigenvalue weighted by atomic mass is 79.9. The molecular weight excluding hydrogens is 302 g/mol. The second-order valence-corrected chi connectivity index (χ2v) is 5.30. The number of hydrogen-bond acceptors (Lipinski definition) is 2. The second kappa shape index (κ2) is 6.73. The number of benzene rings is 2. The second-order valence-electron chi connectivity index (χ2n) is 4.44. The lowest BCUT2D eigenvalue weighted by Crippen LogP contribution is -2.22. The predicted molar refractivity (Wildman–Crippen MR) is 83.2 cm³/mol. The van der Waals surface area contributed by atoms with Gasteiger partial charge < -0.3 is 10.0 Å². The zero-order valence-corrected chi connectivity index (χ0v) is 12.6. The molecule has 0 bridgehead atoms. The van der Waals surface area contributed by atoms with Crippen LogP contribution in [-0.4, -0.2) is 11.7 Å². The number of hydrogen-bond donors (Lipinski definition) is 1. The Bertz CT molecular complexity index is 528. The van der Waals surface area contributed by atoms with Crippen LogP contribution in [0.15, 0.2) is 53.0 Å². The van der Waals surface area contributed by atoms with Gasteiger partial charge in [-0.2, -0.15) is 0 Å². The number of aliphatic hydroxyl groups is 1. The summed E-state index contributed by atoms with van der Waals surface area (Å²) in [5.41, 5.74) is 3.37. The summed E-state index contributed by atoms with van der Waals surface area (Å²) in [5.74, 6) is 0. The van der Waals surface area contributed by atoms with Gasteiger partial charge in [0.1, 0.15) is 0 Å². The van der Waals surface area contributed by atoms with Crippen LogP contribution in [0, 0.1) is 0 Å². The molecule has 0 unspecified atom stereocenters. The molecule has 3 heteroatoms. The quantitative estimate of drug-likeness (QED) is 0.901. The molecule has 0 radical (unpaired) electrons. The molecule has 0 saturated carbocycles. The van der Waals surface area contributed by atoms with Crippen molar-refractivity contribution in [2.24, 2.45) is 0 Å². The average Bonchev–Trinajstić information content (AvgIpc) is 2.46. The fraction of sp³-hybridized carbons (Fsp3) is 0.250. The van der Waals surface area contributed by atoms with Crippen molar-refractivity contribution in [1.29, 1.82) is 0 Å². The van der Waals surface area contributed by atoms with Crippen LogP contribution >= 0.6 is 15.9 Å². The van der Waals surface area contributed by atoms with Crippen molar-refractivity contribution in [3.63, 3.8) is 0 Å². The maximum absolute atomic E-state index is 9.15. The Hall–Kier alpha value is -1.32. The first kappa shape index (κ1) is 14.1. The molecule has 2 rings (SSSR count). The van der Waals surface area contributed by atoms with Crippen molar-refractivity contribution in [2.45, 2.75) is 20.1 Å². The normalized spacial score (nSPS) is 10.5. The zero-order chi connectivity index (χ0) is 13.7. The van der Waals surface area contributed by atoms with Crippen molar-refractivity contribution < 1.29 is 5.11 Å². The molecule has 0 heterocycles. The van der Waals surface area contributed by atoms with Gasteiger partial charge in [0.15, 0.2) is 0 Å². The molecule has 2 nitrogen and oxygen atoms in total. The number of aliphatic hydroxyl groups excluding tert-OH is 1. The summed E-state index contributed by atoms with van der Waals surface area (Å²) in [6.45, 7) is 4.04. The largest absolute Gasteiger partial charge is 0.392 e. The molecule has 2 aromatic carbocycles. The van der Waals surface area contributed by atoms with Crippen LogP contribution in [-0.2, 0) is 13.2 Å². The molecule has 0 amide bonds. The van der Waals surface area contributed by atoms with Crippen molar-refractivity contribution >= 4 is 21.6 Å². The lowest BCUT2D eigenvalue weighted by molar-refractivity contribution is 0.282. The summed E-state index contributed by atoms with van der Waals surface area (Å²) in [5, 5.41) is 9.15. The summed E-state index contributed by atoms with van der Waals surface area (Å²) in [6, 6.07) is 16.4. The Morgan fingerprint density at radius 2 is 1.79 bits per heavy atom. The monoisotopic (exact) mass is 319 g/mol. The fourth-order valence-electron chi connectivity index (χ4n) is 2.08. The van der Waals surface area contributed by atoms with Crippen LogP contribution in [0.4, 0.5) is 5.69 Å². The SMILES string of the molecule is CCN(Cc1ccccc1)c1ccc(CO)cc1Br. The van der Waals surface area contributed by atoms with Crippen LogP contribution in [0.25, 0.3) is 0 Å². The van der Waals surface area contributed by atoms with E-state index in [0.29, 0.717) is 0 Å². The van der Waals surface area contributed by atoms with Gasteiger partial charge in [-0.1, -0.05) is 36.4 Å². The minimum absolute atomic E-state index is 0.0731. The molecule has 0 saturated heterocycles. The van der Waals surface area contributed by atoms with Gasteiger partial charge in [0.25, 0.3) is 0 Å². The Morgan fingerprint density at radius 3 is 2.37 bits per heavy atom. The van der Waals surface area contributed by atoms with E-state index in [9.17, 15) is 0 Å². The summed E-state index contributed by atoms with van der Waals surface area (Å²) in [4.78, 5) is 2.31. The average molecular weight is 320 g/mol. The van der Waals surface area contributed by atoms with Crippen LogP contribution in [0.1, 0.15) is 18.1 Å². The van der Waals surface area contributed by atoms with Crippen LogP contribution in [0.2, 0.25) is 0 Å². The Kier molecular flexibility index (Phi) is 5.00. The number of rotatable bonds is 5. The minimum Gasteiger partial charge on any atom is -0.392 e. The van der Waals surface area contributed by atoms with Crippen molar-refractivity contribution in [1.82, 2.24) is 0 Å². The van der Waals surface area contributed by atoms with E-state index in [4.69, 9.17) is 5.11 Å². The predicted octanol–water partition coefficient (Wildman–Crippen LogP) is 3.97. The van der Waals surface area contributed by atoms with Crippen LogP contribution in [0.3, 0.4) is 0 Å². The molecule has 0 aromatic heterocycles. The van der Waals surface area contributed by atoms with Gasteiger partial charge in [0.05, 0.1) is 12.3 Å². The minimum atomic E-state index is 0.0731. The smallest absolute Gasteiger partial charge is 0.0682 e. The van der Waals surface area contributed by atoms with E-state index < -0.39 is 0 Å². The highest BCUT2D eigenvalue weighted by Crippen LogP contribution is 2.28. The molecule has 19 heavy (non-hydrogen) atoms. The number of anilines is 1. The lowest BCUT2D eigenvalue weighted by Gasteiger charge is -2.24. The van der Waals surface area contributed by atoms with Gasteiger partial charge in [-0.3, -0.25) is 0 Å². The maximum atomic E-state index is 9.15. The molecule has 100 valence electrons. The summed E-state index contributed by atoms with van der Waals surface area (Å²) < 4.78 is 1.02. The summed E-state index contributed by atoms with van der Waals surface area (Å²) in [7, 11) is 0. The van der Waals surface area contributed by atoms with Crippen LogP contribution in [0.5, 0.6) is 0 Å². The number of halogens is 1. The van der Waals surface area contributed by atoms with E-state index in [2.05, 4.69) is 58.1 Å². The van der Waals surface area contributed by atoms with E-state index >= 15 is 0 Å². The molecular formula is C16H18BrNO. The zero-order valence-electron chi connectivity index (χ0n) is 11.0. The van der Waals surface area contributed by atoms with E-state index in [1.165, 1.54) is 5.56 Å². The summed E-state index contributed by atoms with van der Waals surface area (Å²) in [6.07, 6.45) is 0. The number of nitrogens with zero attached hydrogens (tertiary/aromatic N) is 1.